The Labute approximate surface area is 346 Å². The molecule has 0 saturated carbocycles. The largest absolute Gasteiger partial charge is 0.310 e. The van der Waals surface area contributed by atoms with Crippen molar-refractivity contribution in [2.24, 2.45) is 0 Å². The highest BCUT2D eigenvalue weighted by Gasteiger charge is 2.20. The molecule has 0 spiro atoms. The van der Waals surface area contributed by atoms with Gasteiger partial charge in [0, 0.05) is 16.9 Å². The van der Waals surface area contributed by atoms with E-state index in [0.29, 0.717) is 0 Å². The second-order valence-electron chi connectivity index (χ2n) is 14.9. The van der Waals surface area contributed by atoms with Gasteiger partial charge in [-0.15, -0.1) is 0 Å². The van der Waals surface area contributed by atoms with E-state index in [2.05, 4.69) is 254 Å². The number of fused-ring (bicyclic) bond motifs is 1. The summed E-state index contributed by atoms with van der Waals surface area (Å²) < 4.78 is 0. The second kappa shape index (κ2) is 16.0. The third kappa shape index (κ3) is 7.23. The number of nitrogens with zero attached hydrogens (tertiary/aromatic N) is 1. The standard InChI is InChI=1S/C58H41N/c1-5-16-42(17-6-1)43-28-34-51(35-29-43)59(52-36-30-48(31-37-52)54-27-15-25-45-24-13-14-26-53(45)54)58-39-33-50(41-57(58)47-22-11-4-12-23-47)49-32-38-55(44-18-7-2-8-19-44)56(40-49)46-20-9-3-10-21-46/h1-41H. The zero-order valence-corrected chi connectivity index (χ0v) is 32.6. The lowest BCUT2D eigenvalue weighted by atomic mass is 9.90. The van der Waals surface area contributed by atoms with E-state index in [1.54, 1.807) is 0 Å². The van der Waals surface area contributed by atoms with Crippen LogP contribution in [0, 0.1) is 0 Å². The van der Waals surface area contributed by atoms with Crippen molar-refractivity contribution in [2.75, 3.05) is 4.90 Å². The van der Waals surface area contributed by atoms with Gasteiger partial charge < -0.3 is 4.90 Å². The van der Waals surface area contributed by atoms with Gasteiger partial charge in [0.05, 0.1) is 5.69 Å². The van der Waals surface area contributed by atoms with E-state index < -0.39 is 0 Å². The Balaban J connectivity index is 1.13. The van der Waals surface area contributed by atoms with Gasteiger partial charge in [-0.3, -0.25) is 0 Å². The Bertz CT molecular complexity index is 2990. The number of rotatable bonds is 9. The van der Waals surface area contributed by atoms with Gasteiger partial charge in [0.2, 0.25) is 0 Å². The number of benzene rings is 10. The molecule has 0 atom stereocenters. The van der Waals surface area contributed by atoms with E-state index in [9.17, 15) is 0 Å². The van der Waals surface area contributed by atoms with Crippen LogP contribution in [0.3, 0.4) is 0 Å². The maximum atomic E-state index is 2.40. The van der Waals surface area contributed by atoms with Gasteiger partial charge in [0.15, 0.2) is 0 Å². The Morgan fingerprint density at radius 3 is 1.24 bits per heavy atom. The van der Waals surface area contributed by atoms with Crippen molar-refractivity contribution in [1.29, 1.82) is 0 Å². The number of hydrogen-bond acceptors (Lipinski definition) is 1. The molecule has 0 N–H and O–H groups in total. The van der Waals surface area contributed by atoms with E-state index in [4.69, 9.17) is 0 Å². The third-order valence-electron chi connectivity index (χ3n) is 11.3. The molecule has 10 aromatic carbocycles. The maximum Gasteiger partial charge on any atom is 0.0540 e. The number of hydrogen-bond donors (Lipinski definition) is 0. The molecule has 0 unspecified atom stereocenters. The first-order chi connectivity index (χ1) is 29.3. The second-order valence-corrected chi connectivity index (χ2v) is 14.9. The highest BCUT2D eigenvalue weighted by atomic mass is 15.1. The Kier molecular flexibility index (Phi) is 9.68. The van der Waals surface area contributed by atoms with Crippen LogP contribution in [0.2, 0.25) is 0 Å². The van der Waals surface area contributed by atoms with Crippen LogP contribution in [0.5, 0.6) is 0 Å². The summed E-state index contributed by atoms with van der Waals surface area (Å²) in [5, 5.41) is 2.50. The predicted octanol–water partition coefficient (Wildman–Crippen LogP) is 16.3. The lowest BCUT2D eigenvalue weighted by Gasteiger charge is -2.29. The quantitative estimate of drug-likeness (QED) is 0.142. The summed E-state index contributed by atoms with van der Waals surface area (Å²) in [4.78, 5) is 2.40. The van der Waals surface area contributed by atoms with Crippen molar-refractivity contribution in [3.05, 3.63) is 249 Å². The van der Waals surface area contributed by atoms with Crippen LogP contribution >= 0.6 is 0 Å². The minimum absolute atomic E-state index is 1.09. The van der Waals surface area contributed by atoms with Crippen molar-refractivity contribution in [3.63, 3.8) is 0 Å². The number of anilines is 3. The average Bonchev–Trinajstić information content (AvgIpc) is 3.33. The first-order valence-corrected chi connectivity index (χ1v) is 20.3. The van der Waals surface area contributed by atoms with Crippen LogP contribution in [0.15, 0.2) is 249 Å². The van der Waals surface area contributed by atoms with Crippen LogP contribution < -0.4 is 4.90 Å². The molecular formula is C58H41N. The smallest absolute Gasteiger partial charge is 0.0540 e. The molecule has 0 radical (unpaired) electrons. The van der Waals surface area contributed by atoms with Gasteiger partial charge in [-0.2, -0.15) is 0 Å². The SMILES string of the molecule is c1ccc(-c2ccc(N(c3ccc(-c4cccc5ccccc45)cc3)c3ccc(-c4ccc(-c5ccccc5)c(-c5ccccc5)c4)cc3-c3ccccc3)cc2)cc1. The zero-order valence-electron chi connectivity index (χ0n) is 32.6. The van der Waals surface area contributed by atoms with Gasteiger partial charge in [0.1, 0.15) is 0 Å². The average molecular weight is 752 g/mol. The van der Waals surface area contributed by atoms with E-state index in [-0.39, 0.29) is 0 Å². The molecular weight excluding hydrogens is 711 g/mol. The molecule has 1 nitrogen and oxygen atoms in total. The Morgan fingerprint density at radius 2 is 0.627 bits per heavy atom. The molecule has 0 aliphatic carbocycles. The van der Waals surface area contributed by atoms with Gasteiger partial charge in [-0.1, -0.05) is 206 Å². The molecule has 59 heavy (non-hydrogen) atoms. The van der Waals surface area contributed by atoms with Crippen molar-refractivity contribution in [2.45, 2.75) is 0 Å². The molecule has 0 fully saturated rings. The molecule has 10 rings (SSSR count). The van der Waals surface area contributed by atoms with Gasteiger partial charge in [-0.25, -0.2) is 0 Å². The third-order valence-corrected chi connectivity index (χ3v) is 11.3. The summed E-state index contributed by atoms with van der Waals surface area (Å²) >= 11 is 0. The molecule has 0 heterocycles. The van der Waals surface area contributed by atoms with E-state index >= 15 is 0 Å². The molecule has 0 saturated heterocycles. The summed E-state index contributed by atoms with van der Waals surface area (Å²) in [5.74, 6) is 0. The molecule has 0 aliphatic rings. The van der Waals surface area contributed by atoms with Crippen LogP contribution in [0.1, 0.15) is 0 Å². The van der Waals surface area contributed by atoms with Crippen LogP contribution in [-0.4, -0.2) is 0 Å². The minimum atomic E-state index is 1.09. The van der Waals surface area contributed by atoms with E-state index in [1.165, 1.54) is 60.8 Å². The normalized spacial score (nSPS) is 11.1. The van der Waals surface area contributed by atoms with E-state index in [1.807, 2.05) is 0 Å². The first kappa shape index (κ1) is 35.7. The van der Waals surface area contributed by atoms with Gasteiger partial charge in [0.25, 0.3) is 0 Å². The maximum absolute atomic E-state index is 2.40. The molecule has 0 aromatic heterocycles. The first-order valence-electron chi connectivity index (χ1n) is 20.3. The lowest BCUT2D eigenvalue weighted by molar-refractivity contribution is 1.28. The fourth-order valence-electron chi connectivity index (χ4n) is 8.34. The monoisotopic (exact) mass is 751 g/mol. The summed E-state index contributed by atoms with van der Waals surface area (Å²) in [6, 6.07) is 89.8. The van der Waals surface area contributed by atoms with E-state index in [0.717, 1.165) is 33.8 Å². The molecule has 278 valence electrons. The van der Waals surface area contributed by atoms with Crippen LogP contribution in [0.25, 0.3) is 77.5 Å². The summed E-state index contributed by atoms with van der Waals surface area (Å²) in [5.41, 5.74) is 17.6. The Morgan fingerprint density at radius 1 is 0.220 bits per heavy atom. The Hall–Kier alpha value is -7.74. The fourth-order valence-corrected chi connectivity index (χ4v) is 8.34. The van der Waals surface area contributed by atoms with Gasteiger partial charge in [-0.05, 0) is 114 Å². The summed E-state index contributed by atoms with van der Waals surface area (Å²) in [6.45, 7) is 0. The van der Waals surface area contributed by atoms with Crippen molar-refractivity contribution in [3.8, 4) is 66.8 Å². The summed E-state index contributed by atoms with van der Waals surface area (Å²) in [7, 11) is 0. The minimum Gasteiger partial charge on any atom is -0.310 e. The van der Waals surface area contributed by atoms with Crippen LogP contribution in [-0.2, 0) is 0 Å². The van der Waals surface area contributed by atoms with Gasteiger partial charge >= 0.3 is 0 Å². The molecule has 1 heteroatoms. The topological polar surface area (TPSA) is 3.24 Å². The van der Waals surface area contributed by atoms with Crippen LogP contribution in [0.4, 0.5) is 17.1 Å². The molecule has 0 amide bonds. The fraction of sp³-hybridized carbons (Fsp3) is 0. The summed E-state index contributed by atoms with van der Waals surface area (Å²) in [6.07, 6.45) is 0. The van der Waals surface area contributed by atoms with Crippen molar-refractivity contribution in [1.82, 2.24) is 0 Å². The van der Waals surface area contributed by atoms with Crippen molar-refractivity contribution < 1.29 is 0 Å². The molecule has 0 aliphatic heterocycles. The highest BCUT2D eigenvalue weighted by molar-refractivity contribution is 5.98. The van der Waals surface area contributed by atoms with Crippen molar-refractivity contribution >= 4 is 27.8 Å². The zero-order chi connectivity index (χ0) is 39.4. The lowest BCUT2D eigenvalue weighted by Crippen LogP contribution is -2.11. The predicted molar refractivity (Wildman–Crippen MR) is 251 cm³/mol. The molecule has 0 bridgehead atoms. The highest BCUT2D eigenvalue weighted by Crippen LogP contribution is 2.45. The molecule has 10 aromatic rings.